The number of carboxylic acid groups (broad SMARTS) is 1. The molecule has 2 rings (SSSR count). The number of nitrogens with two attached hydrogens (primary N) is 1. The number of rotatable bonds is 4. The molecule has 20 heavy (non-hydrogen) atoms. The number of carboxylic acids is 1. The number of hydrogen-bond donors (Lipinski definition) is 1. The van der Waals surface area contributed by atoms with E-state index in [-0.39, 0.29) is 29.2 Å². The van der Waals surface area contributed by atoms with Gasteiger partial charge in [0.1, 0.15) is 11.4 Å². The van der Waals surface area contributed by atoms with E-state index in [1.54, 1.807) is 19.1 Å². The molecule has 2 aromatic rings. The summed E-state index contributed by atoms with van der Waals surface area (Å²) in [4.78, 5) is 22.7. The molecular weight excluding hydrogens is 262 g/mol. The summed E-state index contributed by atoms with van der Waals surface area (Å²) in [5.41, 5.74) is 6.06. The second-order valence-electron chi connectivity index (χ2n) is 3.88. The molecule has 1 heterocycles. The molecule has 7 nitrogen and oxygen atoms in total. The van der Waals surface area contributed by atoms with E-state index in [1.807, 2.05) is 0 Å². The molecule has 0 amide bonds. The number of hydrogen-bond acceptors (Lipinski definition) is 6. The van der Waals surface area contributed by atoms with E-state index in [0.29, 0.717) is 0 Å². The summed E-state index contributed by atoms with van der Waals surface area (Å²) in [6.07, 6.45) is 1.24. The molecule has 0 aliphatic rings. The highest BCUT2D eigenvalue weighted by atomic mass is 16.5. The first-order valence-corrected chi connectivity index (χ1v) is 5.87. The number of ether oxygens (including phenoxy) is 1. The summed E-state index contributed by atoms with van der Waals surface area (Å²) in [5.74, 6) is -1.95. The third-order valence-electron chi connectivity index (χ3n) is 2.65. The van der Waals surface area contributed by atoms with Crippen molar-refractivity contribution >= 4 is 17.8 Å². The Bertz CT molecular complexity index is 663. The van der Waals surface area contributed by atoms with Crippen LogP contribution in [0.4, 0.5) is 5.82 Å². The zero-order chi connectivity index (χ0) is 14.7. The van der Waals surface area contributed by atoms with Gasteiger partial charge in [0.15, 0.2) is 0 Å². The number of nitrogens with zero attached hydrogens (tertiary/aromatic N) is 2. The second-order valence-corrected chi connectivity index (χ2v) is 3.88. The summed E-state index contributed by atoms with van der Waals surface area (Å²) in [6.45, 7) is 1.88. The van der Waals surface area contributed by atoms with Crippen molar-refractivity contribution in [3.63, 3.8) is 0 Å². The first-order valence-electron chi connectivity index (χ1n) is 5.87. The fourth-order valence-corrected chi connectivity index (χ4v) is 1.75. The summed E-state index contributed by atoms with van der Waals surface area (Å²) in [5, 5.41) is 15.0. The molecule has 0 radical (unpaired) electrons. The number of carbonyl (C=O) groups excluding carboxylic acids is 2. The molecule has 1 aromatic carbocycles. The number of para-hydroxylation sites is 1. The highest BCUT2D eigenvalue weighted by Gasteiger charge is 2.18. The Labute approximate surface area is 114 Å². The Hall–Kier alpha value is -2.83. The number of aromatic nitrogens is 2. The van der Waals surface area contributed by atoms with Crippen molar-refractivity contribution in [2.24, 2.45) is 0 Å². The van der Waals surface area contributed by atoms with Crippen molar-refractivity contribution in [2.75, 3.05) is 12.3 Å². The Morgan fingerprint density at radius 3 is 2.70 bits per heavy atom. The van der Waals surface area contributed by atoms with Gasteiger partial charge in [0, 0.05) is 5.56 Å². The van der Waals surface area contributed by atoms with Gasteiger partial charge in [0.25, 0.3) is 0 Å². The molecule has 0 spiro atoms. The van der Waals surface area contributed by atoms with Crippen LogP contribution in [0, 0.1) is 0 Å². The quantitative estimate of drug-likeness (QED) is 0.785. The van der Waals surface area contributed by atoms with Gasteiger partial charge in [-0.15, -0.1) is 0 Å². The molecule has 1 aromatic heterocycles. The van der Waals surface area contributed by atoms with Crippen LogP contribution < -0.4 is 10.8 Å². The predicted octanol–water partition coefficient (Wildman–Crippen LogP) is -0.00530. The average Bonchev–Trinajstić information content (AvgIpc) is 2.80. The van der Waals surface area contributed by atoms with Gasteiger partial charge in [0.2, 0.25) is 0 Å². The smallest absolute Gasteiger partial charge is 0.343 e. The lowest BCUT2D eigenvalue weighted by atomic mass is 10.2. The largest absolute Gasteiger partial charge is 0.545 e. The minimum absolute atomic E-state index is 0.0113. The van der Waals surface area contributed by atoms with E-state index in [9.17, 15) is 14.7 Å². The van der Waals surface area contributed by atoms with Gasteiger partial charge < -0.3 is 20.4 Å². The zero-order valence-electron chi connectivity index (χ0n) is 10.7. The topological polar surface area (TPSA) is 110 Å². The van der Waals surface area contributed by atoms with Crippen LogP contribution in [0.3, 0.4) is 0 Å². The molecule has 0 aliphatic heterocycles. The fraction of sp³-hybridized carbons (Fsp3) is 0.154. The Kier molecular flexibility index (Phi) is 3.69. The highest BCUT2D eigenvalue weighted by molar-refractivity contribution is 5.95. The van der Waals surface area contributed by atoms with Crippen LogP contribution in [0.2, 0.25) is 0 Å². The summed E-state index contributed by atoms with van der Waals surface area (Å²) in [7, 11) is 0. The monoisotopic (exact) mass is 274 g/mol. The Morgan fingerprint density at radius 2 is 2.05 bits per heavy atom. The normalized spacial score (nSPS) is 10.2. The fourth-order valence-electron chi connectivity index (χ4n) is 1.75. The first kappa shape index (κ1) is 13.6. The molecule has 0 fully saturated rings. The van der Waals surface area contributed by atoms with Crippen molar-refractivity contribution in [2.45, 2.75) is 6.92 Å². The lowest BCUT2D eigenvalue weighted by Gasteiger charge is -2.11. The van der Waals surface area contributed by atoms with E-state index < -0.39 is 11.9 Å². The molecule has 2 N–H and O–H groups in total. The Balaban J connectivity index is 2.50. The van der Waals surface area contributed by atoms with Crippen molar-refractivity contribution in [3.05, 3.63) is 41.6 Å². The van der Waals surface area contributed by atoms with Crippen molar-refractivity contribution in [1.82, 2.24) is 9.78 Å². The van der Waals surface area contributed by atoms with Crippen LogP contribution in [0.1, 0.15) is 27.6 Å². The molecule has 0 saturated carbocycles. The highest BCUT2D eigenvalue weighted by Crippen LogP contribution is 2.20. The van der Waals surface area contributed by atoms with E-state index in [2.05, 4.69) is 5.10 Å². The average molecular weight is 274 g/mol. The summed E-state index contributed by atoms with van der Waals surface area (Å²) < 4.78 is 6.00. The number of benzene rings is 1. The van der Waals surface area contributed by atoms with Gasteiger partial charge in [-0.2, -0.15) is 5.10 Å². The lowest BCUT2D eigenvalue weighted by molar-refractivity contribution is -0.255. The molecule has 0 saturated heterocycles. The minimum Gasteiger partial charge on any atom is -0.545 e. The zero-order valence-corrected chi connectivity index (χ0v) is 10.7. The predicted molar refractivity (Wildman–Crippen MR) is 68.3 cm³/mol. The first-order chi connectivity index (χ1) is 9.56. The molecule has 7 heteroatoms. The molecule has 0 aliphatic carbocycles. The minimum atomic E-state index is -1.35. The standard InChI is InChI=1S/C13H13N3O4/c1-2-20-13(19)9-7-15-16(11(9)14)10-6-4-3-5-8(10)12(17)18/h3-7H,2,14H2,1H3,(H,17,18)/p-1. The van der Waals surface area contributed by atoms with Gasteiger partial charge in [-0.1, -0.05) is 18.2 Å². The van der Waals surface area contributed by atoms with E-state index >= 15 is 0 Å². The molecule has 104 valence electrons. The number of nitrogen functional groups attached to an aromatic ring is 1. The lowest BCUT2D eigenvalue weighted by Crippen LogP contribution is -2.24. The number of carbonyl (C=O) groups is 2. The van der Waals surface area contributed by atoms with Crippen molar-refractivity contribution < 1.29 is 19.4 Å². The van der Waals surface area contributed by atoms with Crippen LogP contribution in [0.5, 0.6) is 0 Å². The van der Waals surface area contributed by atoms with E-state index in [4.69, 9.17) is 10.5 Å². The van der Waals surface area contributed by atoms with Crippen LogP contribution in [-0.4, -0.2) is 28.3 Å². The number of aromatic carboxylic acids is 1. The Morgan fingerprint density at radius 1 is 1.35 bits per heavy atom. The molecule has 0 unspecified atom stereocenters. The SMILES string of the molecule is CCOC(=O)c1cnn(-c2ccccc2C(=O)[O-])c1N. The van der Waals surface area contributed by atoms with Crippen LogP contribution in [0.25, 0.3) is 5.69 Å². The van der Waals surface area contributed by atoms with Gasteiger partial charge in [0.05, 0.1) is 24.5 Å². The van der Waals surface area contributed by atoms with Crippen molar-refractivity contribution in [3.8, 4) is 5.69 Å². The number of esters is 1. The molecule has 0 bridgehead atoms. The van der Waals surface area contributed by atoms with Gasteiger partial charge in [-0.05, 0) is 13.0 Å². The maximum Gasteiger partial charge on any atom is 0.343 e. The van der Waals surface area contributed by atoms with Crippen LogP contribution in [0.15, 0.2) is 30.5 Å². The molecular formula is C13H12N3O4-. The second kappa shape index (κ2) is 5.43. The summed E-state index contributed by atoms with van der Waals surface area (Å²) >= 11 is 0. The molecule has 0 atom stereocenters. The third kappa shape index (κ3) is 2.33. The van der Waals surface area contributed by atoms with Crippen molar-refractivity contribution in [1.29, 1.82) is 0 Å². The third-order valence-corrected chi connectivity index (χ3v) is 2.65. The maximum absolute atomic E-state index is 11.6. The number of anilines is 1. The van der Waals surface area contributed by atoms with E-state index in [0.717, 1.165) is 4.68 Å². The van der Waals surface area contributed by atoms with E-state index in [1.165, 1.54) is 18.3 Å². The van der Waals surface area contributed by atoms with Gasteiger partial charge in [-0.3, -0.25) is 0 Å². The maximum atomic E-state index is 11.6. The van der Waals surface area contributed by atoms with Crippen LogP contribution in [-0.2, 0) is 4.74 Å². The van der Waals surface area contributed by atoms with Crippen LogP contribution >= 0.6 is 0 Å². The van der Waals surface area contributed by atoms with Gasteiger partial charge >= 0.3 is 5.97 Å². The van der Waals surface area contributed by atoms with Gasteiger partial charge in [-0.25, -0.2) is 9.48 Å². The summed E-state index contributed by atoms with van der Waals surface area (Å²) in [6, 6.07) is 6.08.